The van der Waals surface area contributed by atoms with E-state index < -0.39 is 0 Å². The van der Waals surface area contributed by atoms with E-state index in [0.29, 0.717) is 17.5 Å². The minimum atomic E-state index is -0.375. The Kier molecular flexibility index (Phi) is 3.71. The molecule has 0 spiro atoms. The van der Waals surface area contributed by atoms with Crippen LogP contribution in [0.3, 0.4) is 0 Å². The number of rotatable bonds is 3. The summed E-state index contributed by atoms with van der Waals surface area (Å²) in [5, 5.41) is 4.44. The number of aryl methyl sites for hydroxylation is 1. The highest BCUT2D eigenvalue weighted by Gasteiger charge is 2.28. The number of nitrogens with two attached hydrogens (primary N) is 1. The second-order valence-corrected chi connectivity index (χ2v) is 5.39. The molecule has 0 radical (unpaired) electrons. The number of hydrogen-bond acceptors (Lipinski definition) is 3. The molecule has 1 atom stereocenters. The minimum Gasteiger partial charge on any atom is -0.365 e. The maximum Gasteiger partial charge on any atom is 0.252 e. The number of carbonyl (C=O) groups excluding carboxylic acids is 1. The summed E-state index contributed by atoms with van der Waals surface area (Å²) < 4.78 is 1.68. The van der Waals surface area contributed by atoms with Gasteiger partial charge in [-0.05, 0) is 33.2 Å². The zero-order valence-corrected chi connectivity index (χ0v) is 11.4. The molecular weight excluding hydrogens is 228 g/mol. The van der Waals surface area contributed by atoms with Crippen molar-refractivity contribution in [1.29, 1.82) is 0 Å². The Morgan fingerprint density at radius 3 is 2.89 bits per heavy atom. The molecule has 5 nitrogen and oxygen atoms in total. The van der Waals surface area contributed by atoms with Crippen LogP contribution in [-0.4, -0.2) is 39.7 Å². The first-order chi connectivity index (χ1) is 8.49. The zero-order chi connectivity index (χ0) is 13.3. The lowest BCUT2D eigenvalue weighted by Crippen LogP contribution is -2.39. The van der Waals surface area contributed by atoms with Crippen molar-refractivity contribution >= 4 is 5.91 Å². The van der Waals surface area contributed by atoms with E-state index in [1.165, 1.54) is 0 Å². The third-order valence-electron chi connectivity index (χ3n) is 3.69. The molecule has 1 saturated heterocycles. The number of likely N-dealkylation sites (tertiary alicyclic amines) is 1. The molecule has 0 saturated carbocycles. The van der Waals surface area contributed by atoms with Gasteiger partial charge in [0.1, 0.15) is 0 Å². The third-order valence-corrected chi connectivity index (χ3v) is 3.69. The molecule has 0 unspecified atom stereocenters. The van der Waals surface area contributed by atoms with Crippen LogP contribution in [0, 0.1) is 0 Å². The van der Waals surface area contributed by atoms with Crippen LogP contribution in [0.2, 0.25) is 0 Å². The maximum absolute atomic E-state index is 11.4. The molecule has 5 heteroatoms. The first kappa shape index (κ1) is 13.1. The molecule has 1 aromatic rings. The summed E-state index contributed by atoms with van der Waals surface area (Å²) >= 11 is 0. The Morgan fingerprint density at radius 1 is 1.56 bits per heavy atom. The van der Waals surface area contributed by atoms with Crippen LogP contribution in [0.25, 0.3) is 0 Å². The third kappa shape index (κ3) is 2.56. The molecule has 1 aromatic heterocycles. The summed E-state index contributed by atoms with van der Waals surface area (Å²) in [5.74, 6) is -0.0513. The highest BCUT2D eigenvalue weighted by atomic mass is 16.1. The summed E-state index contributed by atoms with van der Waals surface area (Å²) in [5.41, 5.74) is 6.87. The van der Waals surface area contributed by atoms with E-state index in [2.05, 4.69) is 23.8 Å². The van der Waals surface area contributed by atoms with Gasteiger partial charge in [0, 0.05) is 31.7 Å². The van der Waals surface area contributed by atoms with Crippen molar-refractivity contribution in [3.8, 4) is 0 Å². The molecular formula is C13H22N4O. The van der Waals surface area contributed by atoms with Crippen LogP contribution in [0.5, 0.6) is 0 Å². The number of hydrogen-bond donors (Lipinski definition) is 1. The predicted octanol–water partition coefficient (Wildman–Crippen LogP) is 1.11. The second-order valence-electron chi connectivity index (χ2n) is 5.39. The van der Waals surface area contributed by atoms with Crippen molar-refractivity contribution in [2.24, 2.45) is 12.8 Å². The van der Waals surface area contributed by atoms with Gasteiger partial charge in [0.25, 0.3) is 5.91 Å². The number of carbonyl (C=O) groups is 1. The van der Waals surface area contributed by atoms with Gasteiger partial charge in [-0.15, -0.1) is 0 Å². The SMILES string of the molecule is CC(C)N1CCC[C@H](c2nn(C)cc2C(N)=O)C1. The van der Waals surface area contributed by atoms with Crippen LogP contribution in [0.15, 0.2) is 6.20 Å². The van der Waals surface area contributed by atoms with Gasteiger partial charge in [-0.25, -0.2) is 0 Å². The number of piperidine rings is 1. The van der Waals surface area contributed by atoms with Crippen molar-refractivity contribution in [3.05, 3.63) is 17.5 Å². The fourth-order valence-corrected chi connectivity index (χ4v) is 2.70. The van der Waals surface area contributed by atoms with Crippen LogP contribution in [0.4, 0.5) is 0 Å². The van der Waals surface area contributed by atoms with Crippen molar-refractivity contribution < 1.29 is 4.79 Å². The fourth-order valence-electron chi connectivity index (χ4n) is 2.70. The number of amides is 1. The lowest BCUT2D eigenvalue weighted by molar-refractivity contribution is 0.0997. The summed E-state index contributed by atoms with van der Waals surface area (Å²) in [6.45, 7) is 6.51. The number of nitrogens with zero attached hydrogens (tertiary/aromatic N) is 3. The maximum atomic E-state index is 11.4. The van der Waals surface area contributed by atoms with Gasteiger partial charge in [0.05, 0.1) is 11.3 Å². The summed E-state index contributed by atoms with van der Waals surface area (Å²) in [4.78, 5) is 13.9. The van der Waals surface area contributed by atoms with Crippen molar-refractivity contribution in [2.75, 3.05) is 13.1 Å². The number of primary amides is 1. The molecule has 2 heterocycles. The quantitative estimate of drug-likeness (QED) is 0.874. The van der Waals surface area contributed by atoms with Gasteiger partial charge < -0.3 is 10.6 Å². The average Bonchev–Trinajstić information content (AvgIpc) is 2.72. The van der Waals surface area contributed by atoms with E-state index in [4.69, 9.17) is 5.73 Å². The standard InChI is InChI=1S/C13H22N4O/c1-9(2)17-6-4-5-10(7-17)12-11(13(14)18)8-16(3)15-12/h8-10H,4-7H2,1-3H3,(H2,14,18)/t10-/m0/s1. The van der Waals surface area contributed by atoms with Crippen molar-refractivity contribution in [1.82, 2.24) is 14.7 Å². The molecule has 18 heavy (non-hydrogen) atoms. The second kappa shape index (κ2) is 5.10. The van der Waals surface area contributed by atoms with Gasteiger partial charge in [0.2, 0.25) is 0 Å². The Morgan fingerprint density at radius 2 is 2.28 bits per heavy atom. The predicted molar refractivity (Wildman–Crippen MR) is 70.4 cm³/mol. The van der Waals surface area contributed by atoms with Crippen LogP contribution >= 0.6 is 0 Å². The van der Waals surface area contributed by atoms with E-state index >= 15 is 0 Å². The Bertz CT molecular complexity index is 438. The molecule has 1 fully saturated rings. The monoisotopic (exact) mass is 250 g/mol. The van der Waals surface area contributed by atoms with E-state index in [9.17, 15) is 4.79 Å². The summed E-state index contributed by atoms with van der Waals surface area (Å²) in [6.07, 6.45) is 3.96. The molecule has 2 rings (SSSR count). The largest absolute Gasteiger partial charge is 0.365 e. The Hall–Kier alpha value is -1.36. The van der Waals surface area contributed by atoms with E-state index in [-0.39, 0.29) is 5.91 Å². The molecule has 0 bridgehead atoms. The normalized spacial score (nSPS) is 21.4. The van der Waals surface area contributed by atoms with Crippen molar-refractivity contribution in [3.63, 3.8) is 0 Å². The Balaban J connectivity index is 2.23. The summed E-state index contributed by atoms with van der Waals surface area (Å²) in [7, 11) is 1.83. The molecule has 0 aromatic carbocycles. The topological polar surface area (TPSA) is 64.2 Å². The van der Waals surface area contributed by atoms with E-state index in [1.54, 1.807) is 10.9 Å². The fraction of sp³-hybridized carbons (Fsp3) is 0.692. The lowest BCUT2D eigenvalue weighted by Gasteiger charge is -2.35. The average molecular weight is 250 g/mol. The number of aromatic nitrogens is 2. The highest BCUT2D eigenvalue weighted by Crippen LogP contribution is 2.28. The van der Waals surface area contributed by atoms with Crippen molar-refractivity contribution in [2.45, 2.75) is 38.6 Å². The van der Waals surface area contributed by atoms with Crippen LogP contribution in [-0.2, 0) is 7.05 Å². The van der Waals surface area contributed by atoms with Crippen LogP contribution < -0.4 is 5.73 Å². The lowest BCUT2D eigenvalue weighted by atomic mass is 9.92. The zero-order valence-electron chi connectivity index (χ0n) is 11.4. The Labute approximate surface area is 108 Å². The van der Waals surface area contributed by atoms with Gasteiger partial charge in [0.15, 0.2) is 0 Å². The summed E-state index contributed by atoms with van der Waals surface area (Å²) in [6, 6.07) is 0.536. The van der Waals surface area contributed by atoms with Crippen LogP contribution in [0.1, 0.15) is 48.7 Å². The highest BCUT2D eigenvalue weighted by molar-refractivity contribution is 5.93. The van der Waals surface area contributed by atoms with E-state index in [0.717, 1.165) is 31.6 Å². The molecule has 1 amide bonds. The molecule has 1 aliphatic heterocycles. The van der Waals surface area contributed by atoms with E-state index in [1.807, 2.05) is 7.05 Å². The molecule has 1 aliphatic rings. The smallest absolute Gasteiger partial charge is 0.252 e. The first-order valence-electron chi connectivity index (χ1n) is 6.56. The van der Waals surface area contributed by atoms with Gasteiger partial charge in [-0.1, -0.05) is 0 Å². The van der Waals surface area contributed by atoms with Gasteiger partial charge in [-0.3, -0.25) is 9.48 Å². The first-order valence-corrected chi connectivity index (χ1v) is 6.56. The van der Waals surface area contributed by atoms with Gasteiger partial charge in [-0.2, -0.15) is 5.10 Å². The minimum absolute atomic E-state index is 0.324. The molecule has 2 N–H and O–H groups in total. The molecule has 100 valence electrons. The molecule has 0 aliphatic carbocycles. The van der Waals surface area contributed by atoms with Gasteiger partial charge >= 0.3 is 0 Å².